The molecule has 7 nitrogen and oxygen atoms in total. The lowest BCUT2D eigenvalue weighted by atomic mass is 9.95. The van der Waals surface area contributed by atoms with Crippen molar-refractivity contribution >= 4 is 17.8 Å². The first-order valence-electron chi connectivity index (χ1n) is 9.32. The van der Waals surface area contributed by atoms with E-state index < -0.39 is 0 Å². The second-order valence-electron chi connectivity index (χ2n) is 7.26. The summed E-state index contributed by atoms with van der Waals surface area (Å²) in [6.07, 6.45) is 7.37. The van der Waals surface area contributed by atoms with Crippen molar-refractivity contribution in [3.63, 3.8) is 0 Å². The number of nitrogens with zero attached hydrogens (tertiary/aromatic N) is 5. The number of amides is 2. The summed E-state index contributed by atoms with van der Waals surface area (Å²) >= 11 is 0. The van der Waals surface area contributed by atoms with E-state index in [2.05, 4.69) is 14.9 Å². The van der Waals surface area contributed by atoms with E-state index in [0.29, 0.717) is 19.6 Å². The Bertz CT molecular complexity index is 626. The van der Waals surface area contributed by atoms with Crippen LogP contribution in [0.25, 0.3) is 0 Å². The molecule has 3 aliphatic rings. The van der Waals surface area contributed by atoms with Crippen LogP contribution in [0, 0.1) is 11.8 Å². The van der Waals surface area contributed by atoms with Crippen LogP contribution in [-0.4, -0.2) is 70.9 Å². The molecular formula is C18H25N5O2. The Morgan fingerprint density at radius 2 is 1.52 bits per heavy atom. The largest absolute Gasteiger partial charge is 0.342 e. The molecule has 25 heavy (non-hydrogen) atoms. The molecule has 0 unspecified atom stereocenters. The van der Waals surface area contributed by atoms with Gasteiger partial charge in [0, 0.05) is 57.6 Å². The Kier molecular flexibility index (Phi) is 4.55. The number of anilines is 1. The van der Waals surface area contributed by atoms with Crippen molar-refractivity contribution in [2.45, 2.75) is 25.7 Å². The quantitative estimate of drug-likeness (QED) is 0.811. The Morgan fingerprint density at radius 1 is 0.840 bits per heavy atom. The summed E-state index contributed by atoms with van der Waals surface area (Å²) in [5, 5.41) is 0. The van der Waals surface area contributed by atoms with Gasteiger partial charge in [-0.2, -0.15) is 0 Å². The van der Waals surface area contributed by atoms with Crippen LogP contribution in [0.5, 0.6) is 0 Å². The Morgan fingerprint density at radius 3 is 2.20 bits per heavy atom. The van der Waals surface area contributed by atoms with Gasteiger partial charge in [-0.3, -0.25) is 9.59 Å². The molecule has 3 heterocycles. The maximum Gasteiger partial charge on any atom is 0.227 e. The number of piperazine rings is 1. The van der Waals surface area contributed by atoms with Gasteiger partial charge in [-0.1, -0.05) is 0 Å². The Labute approximate surface area is 148 Å². The van der Waals surface area contributed by atoms with Gasteiger partial charge in [-0.25, -0.2) is 9.97 Å². The van der Waals surface area contributed by atoms with Crippen molar-refractivity contribution in [1.82, 2.24) is 19.8 Å². The van der Waals surface area contributed by atoms with Crippen molar-refractivity contribution in [3.8, 4) is 0 Å². The maximum absolute atomic E-state index is 12.9. The molecule has 0 radical (unpaired) electrons. The normalized spacial score (nSPS) is 24.3. The molecule has 2 amide bonds. The van der Waals surface area contributed by atoms with Crippen LogP contribution in [0.3, 0.4) is 0 Å². The molecule has 2 aliphatic heterocycles. The fourth-order valence-corrected chi connectivity index (χ4v) is 3.81. The third-order valence-corrected chi connectivity index (χ3v) is 5.44. The third kappa shape index (κ3) is 3.60. The average Bonchev–Trinajstić information content (AvgIpc) is 3.53. The van der Waals surface area contributed by atoms with E-state index in [4.69, 9.17) is 0 Å². The lowest BCUT2D eigenvalue weighted by Crippen LogP contribution is -2.53. The van der Waals surface area contributed by atoms with Crippen LogP contribution in [0.2, 0.25) is 0 Å². The number of hydrogen-bond acceptors (Lipinski definition) is 5. The Balaban J connectivity index is 1.31. The molecule has 0 bridgehead atoms. The third-order valence-electron chi connectivity index (χ3n) is 5.44. The first-order chi connectivity index (χ1) is 12.2. The van der Waals surface area contributed by atoms with Gasteiger partial charge < -0.3 is 14.7 Å². The van der Waals surface area contributed by atoms with Gasteiger partial charge in [0.15, 0.2) is 0 Å². The molecule has 1 aromatic heterocycles. The van der Waals surface area contributed by atoms with Crippen molar-refractivity contribution < 1.29 is 9.59 Å². The van der Waals surface area contributed by atoms with Gasteiger partial charge in [0.05, 0.1) is 5.92 Å². The average molecular weight is 343 g/mol. The van der Waals surface area contributed by atoms with E-state index in [1.807, 2.05) is 9.80 Å². The molecule has 134 valence electrons. The van der Waals surface area contributed by atoms with Gasteiger partial charge in [-0.05, 0) is 31.7 Å². The summed E-state index contributed by atoms with van der Waals surface area (Å²) in [4.78, 5) is 39.7. The van der Waals surface area contributed by atoms with E-state index in [1.54, 1.807) is 18.5 Å². The fourth-order valence-electron chi connectivity index (χ4n) is 3.81. The van der Waals surface area contributed by atoms with Crippen molar-refractivity contribution in [2.24, 2.45) is 11.8 Å². The maximum atomic E-state index is 12.9. The molecule has 3 fully saturated rings. The summed E-state index contributed by atoms with van der Waals surface area (Å²) < 4.78 is 0. The van der Waals surface area contributed by atoms with Crippen molar-refractivity contribution in [2.75, 3.05) is 44.2 Å². The second kappa shape index (κ2) is 6.98. The molecule has 0 N–H and O–H groups in total. The first-order valence-corrected chi connectivity index (χ1v) is 9.32. The number of aromatic nitrogens is 2. The van der Waals surface area contributed by atoms with Crippen molar-refractivity contribution in [1.29, 1.82) is 0 Å². The van der Waals surface area contributed by atoms with E-state index in [0.717, 1.165) is 51.3 Å². The summed E-state index contributed by atoms with van der Waals surface area (Å²) in [6.45, 7) is 4.34. The highest BCUT2D eigenvalue weighted by atomic mass is 16.2. The molecule has 1 saturated carbocycles. The number of carbonyl (C=O) groups excluding carboxylic acids is 2. The number of rotatable bonds is 3. The molecule has 2 saturated heterocycles. The summed E-state index contributed by atoms with van der Waals surface area (Å²) in [6, 6.07) is 1.81. The minimum absolute atomic E-state index is 0.0315. The highest BCUT2D eigenvalue weighted by Crippen LogP contribution is 2.32. The highest BCUT2D eigenvalue weighted by molar-refractivity contribution is 5.83. The van der Waals surface area contributed by atoms with Gasteiger partial charge in [-0.15, -0.1) is 0 Å². The van der Waals surface area contributed by atoms with Crippen LogP contribution in [0.1, 0.15) is 25.7 Å². The summed E-state index contributed by atoms with van der Waals surface area (Å²) in [5.74, 6) is 1.41. The number of hydrogen-bond donors (Lipinski definition) is 0. The van der Waals surface area contributed by atoms with E-state index in [1.165, 1.54) is 0 Å². The lowest BCUT2D eigenvalue weighted by molar-refractivity contribution is -0.141. The van der Waals surface area contributed by atoms with Crippen LogP contribution in [0.4, 0.5) is 5.95 Å². The topological polar surface area (TPSA) is 69.6 Å². The summed E-state index contributed by atoms with van der Waals surface area (Å²) in [7, 11) is 0. The lowest BCUT2D eigenvalue weighted by Gasteiger charge is -2.39. The molecule has 1 aliphatic carbocycles. The zero-order valence-electron chi connectivity index (χ0n) is 14.5. The molecule has 0 spiro atoms. The fraction of sp³-hybridized carbons (Fsp3) is 0.667. The smallest absolute Gasteiger partial charge is 0.227 e. The molecule has 7 heteroatoms. The number of carbonyl (C=O) groups is 2. The zero-order chi connectivity index (χ0) is 17.2. The molecular weight excluding hydrogens is 318 g/mol. The van der Waals surface area contributed by atoms with Gasteiger partial charge >= 0.3 is 0 Å². The van der Waals surface area contributed by atoms with E-state index in [-0.39, 0.29) is 23.7 Å². The Hall–Kier alpha value is -2.18. The summed E-state index contributed by atoms with van der Waals surface area (Å²) in [5.41, 5.74) is 0. The van der Waals surface area contributed by atoms with Gasteiger partial charge in [0.2, 0.25) is 17.8 Å². The predicted molar refractivity (Wildman–Crippen MR) is 92.9 cm³/mol. The highest BCUT2D eigenvalue weighted by Gasteiger charge is 2.38. The SMILES string of the molecule is O=C(C1CC1)N1CCC[C@@H](C(=O)N2CCN(c3ncccn3)CC2)C1. The number of likely N-dealkylation sites (tertiary alicyclic amines) is 1. The molecule has 0 aromatic carbocycles. The minimum Gasteiger partial charge on any atom is -0.342 e. The molecule has 1 atom stereocenters. The standard InChI is InChI=1S/C18H25N5O2/c24-16(14-4-5-14)23-8-1-3-15(13-23)17(25)21-9-11-22(12-10-21)18-19-6-2-7-20-18/h2,6-7,14-15H,1,3-5,8-13H2/t15-/m1/s1. The van der Waals surface area contributed by atoms with E-state index >= 15 is 0 Å². The predicted octanol–water partition coefficient (Wildman–Crippen LogP) is 0.774. The zero-order valence-corrected chi connectivity index (χ0v) is 14.5. The first kappa shape index (κ1) is 16.3. The van der Waals surface area contributed by atoms with E-state index in [9.17, 15) is 9.59 Å². The number of piperidine rings is 1. The van der Waals surface area contributed by atoms with Gasteiger partial charge in [0.1, 0.15) is 0 Å². The molecule has 1 aromatic rings. The van der Waals surface area contributed by atoms with Crippen LogP contribution in [0.15, 0.2) is 18.5 Å². The second-order valence-corrected chi connectivity index (χ2v) is 7.26. The van der Waals surface area contributed by atoms with Crippen LogP contribution >= 0.6 is 0 Å². The van der Waals surface area contributed by atoms with Crippen molar-refractivity contribution in [3.05, 3.63) is 18.5 Å². The van der Waals surface area contributed by atoms with Gasteiger partial charge in [0.25, 0.3) is 0 Å². The molecule has 4 rings (SSSR count). The van der Waals surface area contributed by atoms with Crippen LogP contribution in [-0.2, 0) is 9.59 Å². The minimum atomic E-state index is -0.0315. The van der Waals surface area contributed by atoms with Crippen LogP contribution < -0.4 is 4.90 Å². The monoisotopic (exact) mass is 343 g/mol.